The fourth-order valence-corrected chi connectivity index (χ4v) is 3.93. The van der Waals surface area contributed by atoms with Crippen molar-refractivity contribution in [3.05, 3.63) is 23.8 Å². The fraction of sp³-hybridized carbons (Fsp3) is 0.750. The van der Waals surface area contributed by atoms with Crippen LogP contribution in [-0.2, 0) is 9.53 Å². The number of rotatable bonds is 10. The van der Waals surface area contributed by atoms with Crippen LogP contribution in [0.4, 0.5) is 0 Å². The van der Waals surface area contributed by atoms with Crippen molar-refractivity contribution < 1.29 is 24.9 Å². The maximum Gasteiger partial charge on any atom is 0.303 e. The number of hydrogen-bond acceptors (Lipinski definition) is 4. The number of carboxylic acids is 1. The molecule has 2 rings (SSSR count). The molecule has 1 aliphatic carbocycles. The van der Waals surface area contributed by atoms with Crippen LogP contribution in [0.1, 0.15) is 58.3 Å². The third-order valence-electron chi connectivity index (χ3n) is 5.29. The zero-order valence-corrected chi connectivity index (χ0v) is 15.1. The first-order chi connectivity index (χ1) is 12.0. The molecule has 0 aromatic heterocycles. The Hall–Kier alpha value is -1.17. The van der Waals surface area contributed by atoms with Crippen molar-refractivity contribution in [2.75, 3.05) is 6.61 Å². The van der Waals surface area contributed by atoms with Crippen LogP contribution >= 0.6 is 0 Å². The van der Waals surface area contributed by atoms with Crippen LogP contribution in [0.15, 0.2) is 23.8 Å². The predicted octanol–water partition coefficient (Wildman–Crippen LogP) is 3.06. The molecule has 0 aromatic rings. The molecule has 5 nitrogen and oxygen atoms in total. The molecule has 0 radical (unpaired) electrons. The van der Waals surface area contributed by atoms with Crippen molar-refractivity contribution in [1.82, 2.24) is 0 Å². The molecule has 1 heterocycles. The summed E-state index contributed by atoms with van der Waals surface area (Å²) in [6, 6.07) is 0. The summed E-state index contributed by atoms with van der Waals surface area (Å²) in [5.74, 6) is -0.647. The molecular weight excluding hydrogens is 320 g/mol. The summed E-state index contributed by atoms with van der Waals surface area (Å²) in [4.78, 5) is 10.6. The van der Waals surface area contributed by atoms with E-state index < -0.39 is 18.2 Å². The van der Waals surface area contributed by atoms with Crippen molar-refractivity contribution in [2.45, 2.75) is 76.6 Å². The van der Waals surface area contributed by atoms with Crippen molar-refractivity contribution in [3.8, 4) is 0 Å². The molecular formula is C20H32O5. The summed E-state index contributed by atoms with van der Waals surface area (Å²) in [6.07, 6.45) is 11.2. The molecule has 5 atom stereocenters. The van der Waals surface area contributed by atoms with E-state index >= 15 is 0 Å². The molecule has 0 amide bonds. The minimum absolute atomic E-state index is 0.0287. The molecule has 1 aliphatic heterocycles. The molecule has 5 heteroatoms. The van der Waals surface area contributed by atoms with Crippen LogP contribution in [0, 0.1) is 11.8 Å². The van der Waals surface area contributed by atoms with E-state index in [0.717, 1.165) is 32.1 Å². The Kier molecular flexibility index (Phi) is 8.13. The molecule has 1 saturated heterocycles. The summed E-state index contributed by atoms with van der Waals surface area (Å²) in [7, 11) is 0. The van der Waals surface area contributed by atoms with Crippen molar-refractivity contribution in [1.29, 1.82) is 0 Å². The molecule has 0 aromatic carbocycles. The third-order valence-corrected chi connectivity index (χ3v) is 5.29. The van der Waals surface area contributed by atoms with Crippen LogP contribution in [0.5, 0.6) is 0 Å². The van der Waals surface area contributed by atoms with Crippen molar-refractivity contribution in [3.63, 3.8) is 0 Å². The predicted molar refractivity (Wildman–Crippen MR) is 96.2 cm³/mol. The van der Waals surface area contributed by atoms with Gasteiger partial charge in [-0.05, 0) is 24.8 Å². The standard InChI is InChI=1S/C20H32O5/c1-2-3-4-8-15(21)10-11-16-17(22)12-18-20(16)14(13-25-18)7-5-6-9-19(23)24/h7,10-11,15-18,20-22H,2-6,8-9,12-13H2,1H3,(H,23,24)/b11-10+,14-7+/t15-,16-,17+,18-,20+/m0/s1. The Morgan fingerprint density at radius 3 is 2.88 bits per heavy atom. The Balaban J connectivity index is 1.92. The van der Waals surface area contributed by atoms with Gasteiger partial charge in [0.15, 0.2) is 0 Å². The zero-order chi connectivity index (χ0) is 18.2. The topological polar surface area (TPSA) is 87.0 Å². The molecule has 2 aliphatic rings. The molecule has 25 heavy (non-hydrogen) atoms. The second-order valence-electron chi connectivity index (χ2n) is 7.27. The first kappa shape index (κ1) is 20.1. The van der Waals surface area contributed by atoms with Crippen LogP contribution in [-0.4, -0.2) is 46.2 Å². The Bertz CT molecular complexity index is 484. The van der Waals surface area contributed by atoms with Gasteiger partial charge in [-0.15, -0.1) is 0 Å². The zero-order valence-electron chi connectivity index (χ0n) is 15.1. The number of aliphatic hydroxyl groups is 2. The number of fused-ring (bicyclic) bond motifs is 1. The number of carbonyl (C=O) groups is 1. The van der Waals surface area contributed by atoms with Crippen LogP contribution in [0.25, 0.3) is 0 Å². The number of aliphatic hydroxyl groups excluding tert-OH is 2. The maximum absolute atomic E-state index is 10.6. The first-order valence-corrected chi connectivity index (χ1v) is 9.59. The summed E-state index contributed by atoms with van der Waals surface area (Å²) < 4.78 is 5.81. The lowest BCUT2D eigenvalue weighted by Gasteiger charge is -2.18. The molecule has 0 bridgehead atoms. The van der Waals surface area contributed by atoms with Gasteiger partial charge in [0.1, 0.15) is 0 Å². The number of allylic oxidation sites excluding steroid dienone is 1. The maximum atomic E-state index is 10.6. The highest BCUT2D eigenvalue weighted by atomic mass is 16.5. The summed E-state index contributed by atoms with van der Waals surface area (Å²) >= 11 is 0. The van der Waals surface area contributed by atoms with E-state index in [1.165, 1.54) is 5.57 Å². The minimum Gasteiger partial charge on any atom is -0.481 e. The van der Waals surface area contributed by atoms with Crippen LogP contribution in [0.3, 0.4) is 0 Å². The highest BCUT2D eigenvalue weighted by Crippen LogP contribution is 2.44. The number of ether oxygens (including phenoxy) is 1. The average Bonchev–Trinajstić information content (AvgIpc) is 3.08. The lowest BCUT2D eigenvalue weighted by atomic mass is 9.87. The second kappa shape index (κ2) is 10.1. The smallest absolute Gasteiger partial charge is 0.303 e. The Morgan fingerprint density at radius 1 is 1.36 bits per heavy atom. The van der Waals surface area contributed by atoms with Crippen LogP contribution < -0.4 is 0 Å². The average molecular weight is 352 g/mol. The van der Waals surface area contributed by atoms with E-state index in [4.69, 9.17) is 9.84 Å². The molecule has 3 N–H and O–H groups in total. The largest absolute Gasteiger partial charge is 0.481 e. The Labute approximate surface area is 150 Å². The van der Waals surface area contributed by atoms with Gasteiger partial charge in [-0.1, -0.05) is 44.4 Å². The van der Waals surface area contributed by atoms with Gasteiger partial charge in [0.2, 0.25) is 0 Å². The monoisotopic (exact) mass is 352 g/mol. The molecule has 1 saturated carbocycles. The molecule has 2 fully saturated rings. The molecule has 142 valence electrons. The van der Waals surface area contributed by atoms with E-state index in [-0.39, 0.29) is 24.4 Å². The van der Waals surface area contributed by atoms with Gasteiger partial charge < -0.3 is 20.1 Å². The lowest BCUT2D eigenvalue weighted by Crippen LogP contribution is -2.19. The van der Waals surface area contributed by atoms with Gasteiger partial charge in [-0.3, -0.25) is 4.79 Å². The first-order valence-electron chi connectivity index (χ1n) is 9.59. The number of hydrogen-bond donors (Lipinski definition) is 3. The van der Waals surface area contributed by atoms with Gasteiger partial charge in [-0.25, -0.2) is 0 Å². The van der Waals surface area contributed by atoms with E-state index in [2.05, 4.69) is 13.0 Å². The highest BCUT2D eigenvalue weighted by Gasteiger charge is 2.47. The van der Waals surface area contributed by atoms with Crippen molar-refractivity contribution >= 4 is 5.97 Å². The van der Waals surface area contributed by atoms with E-state index in [9.17, 15) is 15.0 Å². The fourth-order valence-electron chi connectivity index (χ4n) is 3.93. The van der Waals surface area contributed by atoms with Crippen molar-refractivity contribution in [2.24, 2.45) is 11.8 Å². The van der Waals surface area contributed by atoms with Gasteiger partial charge >= 0.3 is 5.97 Å². The van der Waals surface area contributed by atoms with Crippen LogP contribution in [0.2, 0.25) is 0 Å². The van der Waals surface area contributed by atoms with Gasteiger partial charge in [0.25, 0.3) is 0 Å². The lowest BCUT2D eigenvalue weighted by molar-refractivity contribution is -0.137. The molecule has 0 unspecified atom stereocenters. The summed E-state index contributed by atoms with van der Waals surface area (Å²) in [5, 5.41) is 29.2. The summed E-state index contributed by atoms with van der Waals surface area (Å²) in [6.45, 7) is 2.71. The van der Waals surface area contributed by atoms with E-state index in [1.54, 1.807) is 0 Å². The molecule has 0 spiro atoms. The van der Waals surface area contributed by atoms with E-state index in [1.807, 2.05) is 12.2 Å². The third kappa shape index (κ3) is 5.94. The van der Waals surface area contributed by atoms with Gasteiger partial charge in [-0.2, -0.15) is 0 Å². The van der Waals surface area contributed by atoms with Gasteiger partial charge in [0, 0.05) is 24.7 Å². The number of unbranched alkanes of at least 4 members (excludes halogenated alkanes) is 3. The quantitative estimate of drug-likeness (QED) is 0.415. The number of carboxylic acid groups (broad SMARTS) is 1. The SMILES string of the molecule is CCCCC[C@H](O)/C=C/[C@@H]1[C@H]2/C(=C/CCCC(=O)O)CO[C@H]2C[C@H]1O. The van der Waals surface area contributed by atoms with Gasteiger partial charge in [0.05, 0.1) is 24.9 Å². The minimum atomic E-state index is -0.770. The summed E-state index contributed by atoms with van der Waals surface area (Å²) in [5.41, 5.74) is 1.17. The highest BCUT2D eigenvalue weighted by molar-refractivity contribution is 5.66. The number of aliphatic carboxylic acids is 1. The van der Waals surface area contributed by atoms with E-state index in [0.29, 0.717) is 19.4 Å². The normalized spacial score (nSPS) is 31.7. The second-order valence-corrected chi connectivity index (χ2v) is 7.27. The Morgan fingerprint density at radius 2 is 2.16 bits per heavy atom.